The normalized spacial score (nSPS) is 13.0. The van der Waals surface area contributed by atoms with Crippen LogP contribution < -0.4 is 0 Å². The Kier molecular flexibility index (Phi) is 4.99. The molecule has 6 nitrogen and oxygen atoms in total. The quantitative estimate of drug-likeness (QED) is 0.760. The van der Waals surface area contributed by atoms with Gasteiger partial charge in [-0.1, -0.05) is 30.3 Å². The summed E-state index contributed by atoms with van der Waals surface area (Å²) in [6.45, 7) is 1.52. The van der Waals surface area contributed by atoms with Crippen molar-refractivity contribution in [2.45, 2.75) is 24.6 Å². The van der Waals surface area contributed by atoms with Crippen molar-refractivity contribution in [1.82, 2.24) is 4.31 Å². The summed E-state index contributed by atoms with van der Waals surface area (Å²) in [5, 5.41) is -0.209. The van der Waals surface area contributed by atoms with E-state index in [1.54, 1.807) is 24.3 Å². The monoisotopic (exact) mass is 323 g/mol. The van der Waals surface area contributed by atoms with Crippen molar-refractivity contribution < 1.29 is 22.4 Å². The van der Waals surface area contributed by atoms with Gasteiger partial charge in [-0.15, -0.1) is 0 Å². The second kappa shape index (κ2) is 6.76. The van der Waals surface area contributed by atoms with E-state index in [2.05, 4.69) is 4.74 Å². The maximum Gasteiger partial charge on any atom is 0.323 e. The molecular formula is C15H17NO5S. The summed E-state index contributed by atoms with van der Waals surface area (Å²) in [6, 6.07) is 10.9. The molecule has 1 atom stereocenters. The molecule has 2 aromatic rings. The standard InChI is InChI=1S/C15H17NO5S/c1-12(15(17)20-2)16(11-13-7-4-3-5-8-13)22(18,19)14-9-6-10-21-14/h3-10,12H,11H2,1-2H3. The summed E-state index contributed by atoms with van der Waals surface area (Å²) in [4.78, 5) is 11.8. The molecule has 22 heavy (non-hydrogen) atoms. The van der Waals surface area contributed by atoms with Gasteiger partial charge in [-0.3, -0.25) is 4.79 Å². The van der Waals surface area contributed by atoms with Gasteiger partial charge in [0, 0.05) is 6.54 Å². The molecule has 0 bridgehead atoms. The molecule has 2 rings (SSSR count). The maximum atomic E-state index is 12.7. The van der Waals surface area contributed by atoms with Crippen LogP contribution in [0.25, 0.3) is 0 Å². The van der Waals surface area contributed by atoms with Gasteiger partial charge < -0.3 is 9.15 Å². The SMILES string of the molecule is COC(=O)C(C)N(Cc1ccccc1)S(=O)(=O)c1ccco1. The topological polar surface area (TPSA) is 76.8 Å². The molecule has 0 N–H and O–H groups in total. The number of carbonyl (C=O) groups is 1. The predicted octanol–water partition coefficient (Wildman–Crippen LogP) is 2.03. The number of rotatable bonds is 6. The zero-order valence-corrected chi connectivity index (χ0v) is 13.1. The first-order valence-electron chi connectivity index (χ1n) is 6.64. The average Bonchev–Trinajstić information content (AvgIpc) is 3.07. The predicted molar refractivity (Wildman–Crippen MR) is 79.4 cm³/mol. The minimum atomic E-state index is -3.94. The van der Waals surface area contributed by atoms with E-state index in [1.807, 2.05) is 6.07 Å². The molecule has 1 heterocycles. The van der Waals surface area contributed by atoms with Crippen LogP contribution in [-0.4, -0.2) is 31.8 Å². The Morgan fingerprint density at radius 3 is 2.45 bits per heavy atom. The Bertz CT molecular complexity index is 710. The number of nitrogens with zero attached hydrogens (tertiary/aromatic N) is 1. The number of carbonyl (C=O) groups excluding carboxylic acids is 1. The van der Waals surface area contributed by atoms with Crippen molar-refractivity contribution >= 4 is 16.0 Å². The number of methoxy groups -OCH3 is 1. The van der Waals surface area contributed by atoms with Gasteiger partial charge in [-0.25, -0.2) is 8.42 Å². The Balaban J connectivity index is 2.39. The summed E-state index contributed by atoms with van der Waals surface area (Å²) in [5.41, 5.74) is 0.758. The molecule has 0 amide bonds. The van der Waals surface area contributed by atoms with Gasteiger partial charge >= 0.3 is 5.97 Å². The zero-order chi connectivity index (χ0) is 16.2. The number of hydrogen-bond acceptors (Lipinski definition) is 5. The second-order valence-corrected chi connectivity index (χ2v) is 6.49. The fourth-order valence-corrected chi connectivity index (χ4v) is 3.49. The summed E-state index contributed by atoms with van der Waals surface area (Å²) < 4.78 is 36.1. The molecule has 0 saturated heterocycles. The van der Waals surface area contributed by atoms with Crippen LogP contribution in [-0.2, 0) is 26.1 Å². The van der Waals surface area contributed by atoms with Crippen molar-refractivity contribution in [3.05, 3.63) is 54.3 Å². The summed E-state index contributed by atoms with van der Waals surface area (Å²) in [6.07, 6.45) is 1.27. The van der Waals surface area contributed by atoms with Gasteiger partial charge in [0.15, 0.2) is 0 Å². The molecule has 0 aliphatic rings. The van der Waals surface area contributed by atoms with Crippen LogP contribution in [0.2, 0.25) is 0 Å². The molecule has 1 aromatic carbocycles. The molecular weight excluding hydrogens is 306 g/mol. The summed E-state index contributed by atoms with van der Waals surface area (Å²) in [5.74, 6) is -0.633. The second-order valence-electron chi connectivity index (χ2n) is 4.67. The van der Waals surface area contributed by atoms with Crippen LogP contribution in [0.4, 0.5) is 0 Å². The fourth-order valence-electron chi connectivity index (χ4n) is 2.01. The largest absolute Gasteiger partial charge is 0.468 e. The number of furan rings is 1. The molecule has 0 fully saturated rings. The number of ether oxygens (including phenoxy) is 1. The smallest absolute Gasteiger partial charge is 0.323 e. The van der Waals surface area contributed by atoms with Crippen LogP contribution in [0, 0.1) is 0 Å². The highest BCUT2D eigenvalue weighted by atomic mass is 32.2. The van der Waals surface area contributed by atoms with Gasteiger partial charge in [0.25, 0.3) is 10.0 Å². The molecule has 7 heteroatoms. The van der Waals surface area contributed by atoms with Crippen LogP contribution in [0.3, 0.4) is 0 Å². The van der Waals surface area contributed by atoms with Crippen molar-refractivity contribution in [3.63, 3.8) is 0 Å². The van der Waals surface area contributed by atoms with E-state index in [1.165, 1.54) is 32.4 Å². The lowest BCUT2D eigenvalue weighted by atomic mass is 10.2. The lowest BCUT2D eigenvalue weighted by Gasteiger charge is -2.25. The van der Waals surface area contributed by atoms with Crippen molar-refractivity contribution in [2.24, 2.45) is 0 Å². The van der Waals surface area contributed by atoms with Gasteiger partial charge in [0.1, 0.15) is 6.04 Å². The Hall–Kier alpha value is -2.12. The third-order valence-corrected chi connectivity index (χ3v) is 5.02. The van der Waals surface area contributed by atoms with Gasteiger partial charge in [0.2, 0.25) is 5.09 Å². The molecule has 0 aliphatic carbocycles. The number of sulfonamides is 1. The Labute approximate surface area is 129 Å². The van der Waals surface area contributed by atoms with Crippen molar-refractivity contribution in [3.8, 4) is 0 Å². The van der Waals surface area contributed by atoms with E-state index in [-0.39, 0.29) is 11.6 Å². The number of esters is 1. The Morgan fingerprint density at radius 1 is 1.23 bits per heavy atom. The van der Waals surface area contributed by atoms with Gasteiger partial charge in [0.05, 0.1) is 13.4 Å². The van der Waals surface area contributed by atoms with Crippen molar-refractivity contribution in [1.29, 1.82) is 0 Å². The highest BCUT2D eigenvalue weighted by Gasteiger charge is 2.35. The van der Waals surface area contributed by atoms with Crippen molar-refractivity contribution in [2.75, 3.05) is 7.11 Å². The van der Waals surface area contributed by atoms with Crippen LogP contribution in [0.15, 0.2) is 58.2 Å². The molecule has 118 valence electrons. The first kappa shape index (κ1) is 16.3. The van der Waals surface area contributed by atoms with E-state index in [9.17, 15) is 13.2 Å². The van der Waals surface area contributed by atoms with E-state index in [4.69, 9.17) is 4.42 Å². The Morgan fingerprint density at radius 2 is 1.91 bits per heavy atom. The van der Waals surface area contributed by atoms with Crippen LogP contribution in [0.5, 0.6) is 0 Å². The lowest BCUT2D eigenvalue weighted by Crippen LogP contribution is -2.43. The third kappa shape index (κ3) is 3.37. The molecule has 0 saturated carbocycles. The van der Waals surface area contributed by atoms with E-state index in [0.29, 0.717) is 0 Å². The lowest BCUT2D eigenvalue weighted by molar-refractivity contribution is -0.144. The molecule has 0 radical (unpaired) electrons. The molecule has 1 unspecified atom stereocenters. The highest BCUT2D eigenvalue weighted by Crippen LogP contribution is 2.22. The zero-order valence-electron chi connectivity index (χ0n) is 12.3. The molecule has 0 spiro atoms. The number of benzene rings is 1. The van der Waals surface area contributed by atoms with E-state index >= 15 is 0 Å². The summed E-state index contributed by atoms with van der Waals surface area (Å²) in [7, 11) is -2.72. The highest BCUT2D eigenvalue weighted by molar-refractivity contribution is 7.89. The minimum Gasteiger partial charge on any atom is -0.468 e. The fraction of sp³-hybridized carbons (Fsp3) is 0.267. The molecule has 0 aliphatic heterocycles. The van der Waals surface area contributed by atoms with Crippen LogP contribution in [0.1, 0.15) is 12.5 Å². The van der Waals surface area contributed by atoms with Gasteiger partial charge in [-0.2, -0.15) is 4.31 Å². The first-order valence-corrected chi connectivity index (χ1v) is 8.08. The van der Waals surface area contributed by atoms with E-state index in [0.717, 1.165) is 9.87 Å². The number of hydrogen-bond donors (Lipinski definition) is 0. The third-order valence-electron chi connectivity index (χ3n) is 3.21. The van der Waals surface area contributed by atoms with E-state index < -0.39 is 22.0 Å². The minimum absolute atomic E-state index is 0.0418. The molecule has 1 aromatic heterocycles. The van der Waals surface area contributed by atoms with Gasteiger partial charge in [-0.05, 0) is 24.6 Å². The summed E-state index contributed by atoms with van der Waals surface area (Å²) >= 11 is 0. The average molecular weight is 323 g/mol. The van der Waals surface area contributed by atoms with Crippen LogP contribution >= 0.6 is 0 Å². The first-order chi connectivity index (χ1) is 10.5. The maximum absolute atomic E-state index is 12.7.